The second kappa shape index (κ2) is 7.73. The van der Waals surface area contributed by atoms with E-state index in [0.717, 1.165) is 51.9 Å². The molecule has 0 saturated carbocycles. The standard InChI is InChI=1S/C19H23N3O2/c1-6-7-14(10-20-3)16-8-15-13(2)18(22(4)12-23)11-21-17(15)9-19(16)24-5/h7-12H,6H2,1-5H3/b14-7+,20-10-. The number of hydrogen-bond donors (Lipinski definition) is 0. The third-order valence-electron chi connectivity index (χ3n) is 3.97. The van der Waals surface area contributed by atoms with Crippen molar-refractivity contribution < 1.29 is 9.53 Å². The number of nitrogens with zero attached hydrogens (tertiary/aromatic N) is 3. The smallest absolute Gasteiger partial charge is 0.213 e. The maximum atomic E-state index is 11.1. The molecule has 0 radical (unpaired) electrons. The fraction of sp³-hybridized carbons (Fsp3) is 0.316. The molecule has 0 unspecified atom stereocenters. The molecule has 2 rings (SSSR count). The normalized spacial score (nSPS) is 12.0. The molecule has 126 valence electrons. The minimum Gasteiger partial charge on any atom is -0.496 e. The van der Waals surface area contributed by atoms with Gasteiger partial charge in [0.2, 0.25) is 6.41 Å². The highest BCUT2D eigenvalue weighted by atomic mass is 16.5. The number of amides is 1. The Bertz CT molecular complexity index is 810. The van der Waals surface area contributed by atoms with Crippen molar-refractivity contribution >= 4 is 34.8 Å². The summed E-state index contributed by atoms with van der Waals surface area (Å²) in [6.45, 7) is 4.08. The molecule has 0 aliphatic carbocycles. The minimum absolute atomic E-state index is 0.755. The van der Waals surface area contributed by atoms with E-state index in [4.69, 9.17) is 4.74 Å². The topological polar surface area (TPSA) is 54.8 Å². The first kappa shape index (κ1) is 17.7. The predicted octanol–water partition coefficient (Wildman–Crippen LogP) is 3.64. The molecule has 2 aromatic rings. The molecule has 0 saturated heterocycles. The quantitative estimate of drug-likeness (QED) is 0.602. The van der Waals surface area contributed by atoms with E-state index in [1.54, 1.807) is 27.4 Å². The van der Waals surface area contributed by atoms with Gasteiger partial charge in [0.1, 0.15) is 5.75 Å². The fourth-order valence-corrected chi connectivity index (χ4v) is 2.74. The van der Waals surface area contributed by atoms with Gasteiger partial charge in [-0.25, -0.2) is 0 Å². The number of aliphatic imine (C=N–C) groups is 1. The monoisotopic (exact) mass is 325 g/mol. The van der Waals surface area contributed by atoms with Crippen molar-refractivity contribution in [2.24, 2.45) is 4.99 Å². The number of hydrogen-bond acceptors (Lipinski definition) is 4. The maximum absolute atomic E-state index is 11.1. The zero-order chi connectivity index (χ0) is 17.7. The van der Waals surface area contributed by atoms with Crippen LogP contribution in [0.25, 0.3) is 16.5 Å². The average Bonchev–Trinajstić information content (AvgIpc) is 2.60. The number of pyridine rings is 1. The maximum Gasteiger partial charge on any atom is 0.213 e. The molecule has 5 nitrogen and oxygen atoms in total. The van der Waals surface area contributed by atoms with Gasteiger partial charge >= 0.3 is 0 Å². The minimum atomic E-state index is 0.755. The molecule has 24 heavy (non-hydrogen) atoms. The molecule has 0 aliphatic rings. The highest BCUT2D eigenvalue weighted by molar-refractivity contribution is 6.12. The first-order valence-corrected chi connectivity index (χ1v) is 7.85. The largest absolute Gasteiger partial charge is 0.496 e. The fourth-order valence-electron chi connectivity index (χ4n) is 2.74. The Morgan fingerprint density at radius 3 is 2.75 bits per heavy atom. The van der Waals surface area contributed by atoms with Crippen LogP contribution in [0.1, 0.15) is 24.5 Å². The number of allylic oxidation sites excluding steroid dienone is 2. The number of carbonyl (C=O) groups is 1. The van der Waals surface area contributed by atoms with E-state index in [1.165, 1.54) is 4.90 Å². The van der Waals surface area contributed by atoms with Crippen LogP contribution in [0.3, 0.4) is 0 Å². The van der Waals surface area contributed by atoms with Gasteiger partial charge in [-0.05, 0) is 30.5 Å². The van der Waals surface area contributed by atoms with Crippen molar-refractivity contribution in [3.8, 4) is 5.75 Å². The number of anilines is 1. The lowest BCUT2D eigenvalue weighted by Crippen LogP contribution is -2.15. The number of rotatable bonds is 6. The SMILES string of the molecule is CC/C=C(\C=N/C)c1cc2c(C)c(N(C)C=O)cnc2cc1OC. The Kier molecular flexibility index (Phi) is 5.68. The van der Waals surface area contributed by atoms with E-state index >= 15 is 0 Å². The van der Waals surface area contributed by atoms with Crippen LogP contribution in [0.2, 0.25) is 0 Å². The highest BCUT2D eigenvalue weighted by Crippen LogP contribution is 2.34. The lowest BCUT2D eigenvalue weighted by molar-refractivity contribution is -0.107. The van der Waals surface area contributed by atoms with Crippen molar-refractivity contribution in [2.45, 2.75) is 20.3 Å². The zero-order valence-electron chi connectivity index (χ0n) is 14.8. The number of fused-ring (bicyclic) bond motifs is 1. The molecule has 0 aliphatic heterocycles. The number of ether oxygens (including phenoxy) is 1. The summed E-state index contributed by atoms with van der Waals surface area (Å²) >= 11 is 0. The Hall–Kier alpha value is -2.69. The average molecular weight is 325 g/mol. The van der Waals surface area contributed by atoms with Crippen molar-refractivity contribution in [3.05, 3.63) is 35.5 Å². The summed E-state index contributed by atoms with van der Waals surface area (Å²) in [6.07, 6.45) is 7.33. The molecule has 1 aromatic carbocycles. The zero-order valence-corrected chi connectivity index (χ0v) is 14.8. The van der Waals surface area contributed by atoms with Gasteiger partial charge in [0.15, 0.2) is 0 Å². The Labute approximate surface area is 142 Å². The number of carbonyl (C=O) groups excluding carboxylic acids is 1. The van der Waals surface area contributed by atoms with Crippen LogP contribution in [-0.2, 0) is 4.79 Å². The van der Waals surface area contributed by atoms with Gasteiger partial charge in [0, 0.05) is 37.3 Å². The predicted molar refractivity (Wildman–Crippen MR) is 100 cm³/mol. The number of aromatic nitrogens is 1. The third kappa shape index (κ3) is 3.30. The number of methoxy groups -OCH3 is 1. The van der Waals surface area contributed by atoms with E-state index in [1.807, 2.05) is 19.2 Å². The van der Waals surface area contributed by atoms with E-state index in [0.29, 0.717) is 0 Å². The summed E-state index contributed by atoms with van der Waals surface area (Å²) < 4.78 is 5.56. The lowest BCUT2D eigenvalue weighted by atomic mass is 9.99. The molecule has 1 heterocycles. The lowest BCUT2D eigenvalue weighted by Gasteiger charge is -2.17. The van der Waals surface area contributed by atoms with Crippen LogP contribution in [0.5, 0.6) is 5.75 Å². The molecule has 0 fully saturated rings. The summed E-state index contributed by atoms with van der Waals surface area (Å²) in [6, 6.07) is 3.98. The highest BCUT2D eigenvalue weighted by Gasteiger charge is 2.14. The van der Waals surface area contributed by atoms with Crippen LogP contribution in [0, 0.1) is 6.92 Å². The van der Waals surface area contributed by atoms with Gasteiger partial charge < -0.3 is 9.64 Å². The van der Waals surface area contributed by atoms with Gasteiger partial charge in [-0.15, -0.1) is 0 Å². The Morgan fingerprint density at radius 2 is 2.17 bits per heavy atom. The van der Waals surface area contributed by atoms with Crippen LogP contribution in [-0.4, -0.2) is 38.8 Å². The Balaban J connectivity index is 2.77. The van der Waals surface area contributed by atoms with E-state index in [9.17, 15) is 4.79 Å². The molecule has 1 amide bonds. The first-order chi connectivity index (χ1) is 11.6. The van der Waals surface area contributed by atoms with Crippen LogP contribution >= 0.6 is 0 Å². The second-order valence-corrected chi connectivity index (χ2v) is 5.51. The van der Waals surface area contributed by atoms with Gasteiger partial charge in [0.05, 0.1) is 24.5 Å². The third-order valence-corrected chi connectivity index (χ3v) is 3.97. The summed E-state index contributed by atoms with van der Waals surface area (Å²) in [4.78, 5) is 21.2. The van der Waals surface area contributed by atoms with E-state index in [2.05, 4.69) is 29.0 Å². The molecule has 0 atom stereocenters. The number of benzene rings is 1. The van der Waals surface area contributed by atoms with E-state index < -0.39 is 0 Å². The number of aryl methyl sites for hydroxylation is 1. The first-order valence-electron chi connectivity index (χ1n) is 7.85. The van der Waals surface area contributed by atoms with Crippen molar-refractivity contribution in [1.82, 2.24) is 4.98 Å². The molecule has 0 bridgehead atoms. The van der Waals surface area contributed by atoms with Crippen LogP contribution < -0.4 is 9.64 Å². The van der Waals surface area contributed by atoms with Crippen LogP contribution in [0.15, 0.2) is 29.4 Å². The molecule has 0 N–H and O–H groups in total. The van der Waals surface area contributed by atoms with Gasteiger partial charge in [0.25, 0.3) is 0 Å². The molecule has 0 spiro atoms. The van der Waals surface area contributed by atoms with Gasteiger partial charge in [-0.3, -0.25) is 14.8 Å². The molecular formula is C19H23N3O2. The van der Waals surface area contributed by atoms with Gasteiger partial charge in [-0.1, -0.05) is 13.0 Å². The molecule has 5 heteroatoms. The molecule has 1 aromatic heterocycles. The van der Waals surface area contributed by atoms with Crippen LogP contribution in [0.4, 0.5) is 5.69 Å². The van der Waals surface area contributed by atoms with Crippen molar-refractivity contribution in [2.75, 3.05) is 26.1 Å². The Morgan fingerprint density at radius 1 is 1.42 bits per heavy atom. The molecular weight excluding hydrogens is 302 g/mol. The summed E-state index contributed by atoms with van der Waals surface area (Å²) in [5.41, 5.74) is 4.60. The second-order valence-electron chi connectivity index (χ2n) is 5.51. The summed E-state index contributed by atoms with van der Waals surface area (Å²) in [5.74, 6) is 0.755. The van der Waals surface area contributed by atoms with Crippen molar-refractivity contribution in [1.29, 1.82) is 0 Å². The van der Waals surface area contributed by atoms with Gasteiger partial charge in [-0.2, -0.15) is 0 Å². The van der Waals surface area contributed by atoms with E-state index in [-0.39, 0.29) is 0 Å². The van der Waals surface area contributed by atoms with Crippen molar-refractivity contribution in [3.63, 3.8) is 0 Å². The summed E-state index contributed by atoms with van der Waals surface area (Å²) in [7, 11) is 5.12. The summed E-state index contributed by atoms with van der Waals surface area (Å²) in [5, 5.41) is 0.989.